The molecule has 4 heteroatoms. The maximum Gasteiger partial charge on any atom is 0.338 e. The zero-order chi connectivity index (χ0) is 15.1. The number of rotatable bonds is 2. The number of carbonyl (C=O) groups excluding carboxylic acids is 1. The standard InChI is InChI=1S/C18H17NO2S/c1-2-21-18(20)13-8-9-14-16(11-13)22-15-7-3-5-12-6-4-10-19(14)17(12)15/h3,5,7-9,11H,2,4,6,10H2,1H3. The van der Waals surface area contributed by atoms with E-state index in [2.05, 4.69) is 29.2 Å². The third kappa shape index (κ3) is 2.10. The first kappa shape index (κ1) is 13.7. The van der Waals surface area contributed by atoms with Crippen molar-refractivity contribution in [2.24, 2.45) is 0 Å². The lowest BCUT2D eigenvalue weighted by molar-refractivity contribution is 0.0526. The highest BCUT2D eigenvalue weighted by molar-refractivity contribution is 7.99. The molecule has 22 heavy (non-hydrogen) atoms. The highest BCUT2D eigenvalue weighted by Crippen LogP contribution is 2.51. The van der Waals surface area contributed by atoms with Crippen LogP contribution in [-0.2, 0) is 11.2 Å². The molecule has 4 rings (SSSR count). The fourth-order valence-corrected chi connectivity index (χ4v) is 4.41. The molecule has 0 fully saturated rings. The Hall–Kier alpha value is -1.94. The largest absolute Gasteiger partial charge is 0.462 e. The van der Waals surface area contributed by atoms with Gasteiger partial charge in [0, 0.05) is 16.3 Å². The summed E-state index contributed by atoms with van der Waals surface area (Å²) in [5.74, 6) is -0.246. The number of anilines is 2. The van der Waals surface area contributed by atoms with Crippen LogP contribution in [0.15, 0.2) is 46.2 Å². The molecule has 0 saturated heterocycles. The number of fused-ring (bicyclic) bond motifs is 2. The molecule has 0 aliphatic carbocycles. The number of nitrogens with zero attached hydrogens (tertiary/aromatic N) is 1. The first-order valence-corrected chi connectivity index (χ1v) is 8.48. The minimum atomic E-state index is -0.246. The van der Waals surface area contributed by atoms with Crippen LogP contribution in [0, 0.1) is 0 Å². The number of aryl methyl sites for hydroxylation is 1. The van der Waals surface area contributed by atoms with Gasteiger partial charge in [0.25, 0.3) is 0 Å². The maximum atomic E-state index is 11.9. The number of carbonyl (C=O) groups is 1. The second-order valence-electron chi connectivity index (χ2n) is 5.52. The molecule has 0 atom stereocenters. The van der Waals surface area contributed by atoms with Gasteiger partial charge in [-0.05, 0) is 49.6 Å². The molecular formula is C18H17NO2S. The Kier molecular flexibility index (Phi) is 3.34. The second-order valence-corrected chi connectivity index (χ2v) is 6.61. The molecule has 0 unspecified atom stereocenters. The fraction of sp³-hybridized carbons (Fsp3) is 0.278. The molecule has 0 N–H and O–H groups in total. The number of esters is 1. The minimum Gasteiger partial charge on any atom is -0.462 e. The second kappa shape index (κ2) is 5.36. The van der Waals surface area contributed by atoms with Gasteiger partial charge in [-0.2, -0.15) is 0 Å². The molecule has 0 saturated carbocycles. The predicted octanol–water partition coefficient (Wildman–Crippen LogP) is 4.41. The van der Waals surface area contributed by atoms with Gasteiger partial charge >= 0.3 is 5.97 Å². The van der Waals surface area contributed by atoms with Gasteiger partial charge in [0.2, 0.25) is 0 Å². The van der Waals surface area contributed by atoms with Crippen LogP contribution in [-0.4, -0.2) is 19.1 Å². The summed E-state index contributed by atoms with van der Waals surface area (Å²) < 4.78 is 5.11. The molecule has 0 aromatic heterocycles. The number of hydrogen-bond donors (Lipinski definition) is 0. The van der Waals surface area contributed by atoms with Crippen LogP contribution in [0.1, 0.15) is 29.3 Å². The zero-order valence-corrected chi connectivity index (χ0v) is 13.3. The lowest BCUT2D eigenvalue weighted by Crippen LogP contribution is -2.27. The van der Waals surface area contributed by atoms with E-state index in [-0.39, 0.29) is 5.97 Å². The molecule has 0 radical (unpaired) electrons. The van der Waals surface area contributed by atoms with Crippen molar-refractivity contribution < 1.29 is 9.53 Å². The summed E-state index contributed by atoms with van der Waals surface area (Å²) in [7, 11) is 0. The summed E-state index contributed by atoms with van der Waals surface area (Å²) in [4.78, 5) is 16.8. The Morgan fingerprint density at radius 2 is 2.18 bits per heavy atom. The summed E-state index contributed by atoms with van der Waals surface area (Å²) in [5.41, 5.74) is 4.62. The number of hydrogen-bond acceptors (Lipinski definition) is 4. The summed E-state index contributed by atoms with van der Waals surface area (Å²) >= 11 is 1.75. The van der Waals surface area contributed by atoms with E-state index in [4.69, 9.17) is 4.74 Å². The van der Waals surface area contributed by atoms with Crippen molar-refractivity contribution in [3.63, 3.8) is 0 Å². The Balaban J connectivity index is 1.79. The van der Waals surface area contributed by atoms with Crippen LogP contribution < -0.4 is 4.90 Å². The van der Waals surface area contributed by atoms with Gasteiger partial charge in [-0.15, -0.1) is 0 Å². The van der Waals surface area contributed by atoms with Crippen molar-refractivity contribution in [1.82, 2.24) is 0 Å². The summed E-state index contributed by atoms with van der Waals surface area (Å²) in [6, 6.07) is 12.4. The quantitative estimate of drug-likeness (QED) is 0.768. The van der Waals surface area contributed by atoms with E-state index in [1.807, 2.05) is 19.1 Å². The Labute approximate surface area is 134 Å². The highest BCUT2D eigenvalue weighted by atomic mass is 32.2. The molecule has 0 bridgehead atoms. The van der Waals surface area contributed by atoms with Gasteiger partial charge in [-0.1, -0.05) is 23.9 Å². The Morgan fingerprint density at radius 1 is 1.27 bits per heavy atom. The number of para-hydroxylation sites is 1. The van der Waals surface area contributed by atoms with Crippen molar-refractivity contribution in [2.75, 3.05) is 18.1 Å². The van der Waals surface area contributed by atoms with Crippen LogP contribution in [0.3, 0.4) is 0 Å². The molecule has 2 aliphatic rings. The molecular weight excluding hydrogens is 294 g/mol. The van der Waals surface area contributed by atoms with Crippen molar-refractivity contribution >= 4 is 29.1 Å². The van der Waals surface area contributed by atoms with Crippen molar-refractivity contribution in [3.8, 4) is 0 Å². The summed E-state index contributed by atoms with van der Waals surface area (Å²) in [5, 5.41) is 0. The summed E-state index contributed by atoms with van der Waals surface area (Å²) in [6.07, 6.45) is 2.32. The van der Waals surface area contributed by atoms with Crippen molar-refractivity contribution in [1.29, 1.82) is 0 Å². The monoisotopic (exact) mass is 311 g/mol. The first-order chi connectivity index (χ1) is 10.8. The third-order valence-corrected chi connectivity index (χ3v) is 5.26. The van der Waals surface area contributed by atoms with E-state index in [1.54, 1.807) is 11.8 Å². The van der Waals surface area contributed by atoms with E-state index in [1.165, 1.54) is 28.3 Å². The van der Waals surface area contributed by atoms with Gasteiger partial charge in [-0.25, -0.2) is 4.79 Å². The Bertz CT molecular complexity index is 757. The predicted molar refractivity (Wildman–Crippen MR) is 88.3 cm³/mol. The van der Waals surface area contributed by atoms with Gasteiger partial charge < -0.3 is 9.64 Å². The topological polar surface area (TPSA) is 29.5 Å². The van der Waals surface area contributed by atoms with E-state index >= 15 is 0 Å². The molecule has 2 aromatic rings. The van der Waals surface area contributed by atoms with E-state index in [9.17, 15) is 4.79 Å². The minimum absolute atomic E-state index is 0.246. The first-order valence-electron chi connectivity index (χ1n) is 7.66. The average Bonchev–Trinajstić information content (AvgIpc) is 2.55. The number of benzene rings is 2. The average molecular weight is 311 g/mol. The SMILES string of the molecule is CCOC(=O)c1ccc2c(c1)Sc1cccc3c1N2CCC3. The van der Waals surface area contributed by atoms with Crippen LogP contribution in [0.5, 0.6) is 0 Å². The van der Waals surface area contributed by atoms with E-state index in [0.29, 0.717) is 12.2 Å². The fourth-order valence-electron chi connectivity index (χ4n) is 3.22. The van der Waals surface area contributed by atoms with Crippen LogP contribution in [0.25, 0.3) is 0 Å². The highest BCUT2D eigenvalue weighted by Gasteiger charge is 2.28. The molecule has 112 valence electrons. The number of ether oxygens (including phenoxy) is 1. The van der Waals surface area contributed by atoms with E-state index in [0.717, 1.165) is 17.9 Å². The summed E-state index contributed by atoms with van der Waals surface area (Å²) in [6.45, 7) is 3.27. The Morgan fingerprint density at radius 3 is 3.05 bits per heavy atom. The van der Waals surface area contributed by atoms with Crippen LogP contribution >= 0.6 is 11.8 Å². The molecule has 0 spiro atoms. The lowest BCUT2D eigenvalue weighted by Gasteiger charge is -2.37. The molecule has 2 heterocycles. The molecule has 0 amide bonds. The van der Waals surface area contributed by atoms with Gasteiger partial charge in [-0.3, -0.25) is 0 Å². The smallest absolute Gasteiger partial charge is 0.338 e. The van der Waals surface area contributed by atoms with Crippen molar-refractivity contribution in [3.05, 3.63) is 47.5 Å². The van der Waals surface area contributed by atoms with Crippen LogP contribution in [0.4, 0.5) is 11.4 Å². The maximum absolute atomic E-state index is 11.9. The van der Waals surface area contributed by atoms with Gasteiger partial charge in [0.05, 0.1) is 23.5 Å². The molecule has 2 aliphatic heterocycles. The zero-order valence-electron chi connectivity index (χ0n) is 12.5. The van der Waals surface area contributed by atoms with Gasteiger partial charge in [0.1, 0.15) is 0 Å². The molecule has 3 nitrogen and oxygen atoms in total. The van der Waals surface area contributed by atoms with Crippen molar-refractivity contribution in [2.45, 2.75) is 29.6 Å². The van der Waals surface area contributed by atoms with Gasteiger partial charge in [0.15, 0.2) is 0 Å². The third-order valence-electron chi connectivity index (χ3n) is 4.16. The normalized spacial score (nSPS) is 15.0. The van der Waals surface area contributed by atoms with E-state index < -0.39 is 0 Å². The molecule has 2 aromatic carbocycles. The lowest BCUT2D eigenvalue weighted by atomic mass is 10.0. The van der Waals surface area contributed by atoms with Crippen LogP contribution in [0.2, 0.25) is 0 Å².